The van der Waals surface area contributed by atoms with Gasteiger partial charge in [-0.1, -0.05) is 66.2 Å². The van der Waals surface area contributed by atoms with Crippen LogP contribution in [0.4, 0.5) is 0 Å². The summed E-state index contributed by atoms with van der Waals surface area (Å²) in [6.07, 6.45) is 1.32. The second-order valence-corrected chi connectivity index (χ2v) is 9.59. The van der Waals surface area contributed by atoms with Crippen molar-refractivity contribution in [2.24, 2.45) is 16.7 Å². The van der Waals surface area contributed by atoms with E-state index in [0.717, 1.165) is 10.8 Å². The predicted molar refractivity (Wildman–Crippen MR) is 108 cm³/mol. The van der Waals surface area contributed by atoms with Crippen molar-refractivity contribution in [3.63, 3.8) is 0 Å². The van der Waals surface area contributed by atoms with E-state index in [-0.39, 0.29) is 0 Å². The molecule has 0 aromatic heterocycles. The summed E-state index contributed by atoms with van der Waals surface area (Å²) in [5, 5.41) is 0. The van der Waals surface area contributed by atoms with Crippen molar-refractivity contribution in [1.82, 2.24) is 0 Å². The molecule has 0 fully saturated rings. The van der Waals surface area contributed by atoms with Gasteiger partial charge in [0.15, 0.2) is 0 Å². The molecule has 0 aliphatic carbocycles. The number of carbonyl (C=O) groups is 1. The van der Waals surface area contributed by atoms with Gasteiger partial charge < -0.3 is 8.92 Å². The maximum Gasteiger partial charge on any atom is 0.293 e. The monoisotopic (exact) mass is 368 g/mol. The number of ether oxygens (including phenoxy) is 1. The van der Waals surface area contributed by atoms with Gasteiger partial charge in [-0.15, -0.1) is 0 Å². The molecule has 1 atom stereocenters. The smallest absolute Gasteiger partial charge is 0.293 e. The molecule has 144 valence electrons. The van der Waals surface area contributed by atoms with E-state index in [9.17, 15) is 4.79 Å². The lowest BCUT2D eigenvalue weighted by molar-refractivity contribution is -0.129. The third-order valence-corrected chi connectivity index (χ3v) is 4.67. The minimum absolute atomic E-state index is 0.294. The molecule has 1 aromatic rings. The standard InChI is InChI=1S/C11H24.C10H12O3S/c1-9(11(5,6)7)8-10(2,3)4;1-9-2-4-10(5-3-9)14-13-7-6-12-8-11/h9H,8H2,1-7H3;2-5,8H,6-7H2,1H3. The molecule has 0 heterocycles. The molecule has 1 aromatic carbocycles. The summed E-state index contributed by atoms with van der Waals surface area (Å²) in [6, 6.07) is 8.02. The lowest BCUT2D eigenvalue weighted by Gasteiger charge is -2.32. The summed E-state index contributed by atoms with van der Waals surface area (Å²) in [4.78, 5) is 10.8. The number of rotatable bonds is 7. The predicted octanol–water partition coefficient (Wildman–Crippen LogP) is 6.30. The molecule has 1 rings (SSSR count). The van der Waals surface area contributed by atoms with Crippen LogP contribution in [0.3, 0.4) is 0 Å². The molecule has 25 heavy (non-hydrogen) atoms. The summed E-state index contributed by atoms with van der Waals surface area (Å²) in [7, 11) is 0. The van der Waals surface area contributed by atoms with Crippen LogP contribution in [-0.4, -0.2) is 19.7 Å². The summed E-state index contributed by atoms with van der Waals surface area (Å²) >= 11 is 1.28. The Labute approximate surface area is 159 Å². The molecule has 0 saturated heterocycles. The third-order valence-electron chi connectivity index (χ3n) is 3.93. The van der Waals surface area contributed by atoms with Gasteiger partial charge in [-0.25, -0.2) is 0 Å². The van der Waals surface area contributed by atoms with E-state index >= 15 is 0 Å². The Kier molecular flexibility index (Phi) is 11.1. The molecule has 0 bridgehead atoms. The zero-order chi connectivity index (χ0) is 19.5. The van der Waals surface area contributed by atoms with Gasteiger partial charge in [0.2, 0.25) is 0 Å². The van der Waals surface area contributed by atoms with Crippen molar-refractivity contribution in [3.05, 3.63) is 29.8 Å². The number of hydrogen-bond donors (Lipinski definition) is 0. The first-order valence-electron chi connectivity index (χ1n) is 8.87. The van der Waals surface area contributed by atoms with Crippen molar-refractivity contribution in [2.45, 2.75) is 66.7 Å². The fourth-order valence-electron chi connectivity index (χ4n) is 2.06. The van der Waals surface area contributed by atoms with Gasteiger partial charge in [-0.05, 0) is 42.2 Å². The molecule has 1 unspecified atom stereocenters. The number of carbonyl (C=O) groups excluding carboxylic acids is 1. The Hall–Kier alpha value is -1.00. The van der Waals surface area contributed by atoms with Gasteiger partial charge in [-0.2, -0.15) is 0 Å². The van der Waals surface area contributed by atoms with Crippen LogP contribution in [0.2, 0.25) is 0 Å². The third kappa shape index (κ3) is 13.9. The Bertz CT molecular complexity index is 469. The van der Waals surface area contributed by atoms with E-state index in [1.807, 2.05) is 31.2 Å². The van der Waals surface area contributed by atoms with E-state index in [2.05, 4.69) is 53.2 Å². The largest absolute Gasteiger partial charge is 0.465 e. The number of benzene rings is 1. The molecule has 0 saturated carbocycles. The van der Waals surface area contributed by atoms with Crippen molar-refractivity contribution in [3.8, 4) is 0 Å². The van der Waals surface area contributed by atoms with Gasteiger partial charge in [0, 0.05) is 16.9 Å². The van der Waals surface area contributed by atoms with E-state index < -0.39 is 0 Å². The highest BCUT2D eigenvalue weighted by molar-refractivity contribution is 7.94. The van der Waals surface area contributed by atoms with E-state index in [0.29, 0.717) is 30.5 Å². The zero-order valence-corrected chi connectivity index (χ0v) is 18.0. The Morgan fingerprint density at radius 3 is 2.00 bits per heavy atom. The Morgan fingerprint density at radius 1 is 1.04 bits per heavy atom. The molecular formula is C21H36O3S. The van der Waals surface area contributed by atoms with Crippen LogP contribution < -0.4 is 0 Å². The average Bonchev–Trinajstić information content (AvgIpc) is 2.47. The Balaban J connectivity index is 0.000000477. The molecular weight excluding hydrogens is 332 g/mol. The topological polar surface area (TPSA) is 35.5 Å². The number of hydrogen-bond acceptors (Lipinski definition) is 4. The first-order valence-corrected chi connectivity index (χ1v) is 9.61. The van der Waals surface area contributed by atoms with Gasteiger partial charge in [0.1, 0.15) is 6.61 Å². The minimum Gasteiger partial charge on any atom is -0.465 e. The summed E-state index contributed by atoms with van der Waals surface area (Å²) in [6.45, 7) is 19.4. The van der Waals surface area contributed by atoms with Crippen molar-refractivity contribution in [2.75, 3.05) is 13.2 Å². The van der Waals surface area contributed by atoms with Crippen LogP contribution in [0.5, 0.6) is 0 Å². The quantitative estimate of drug-likeness (QED) is 0.321. The molecule has 0 spiro atoms. The second-order valence-electron chi connectivity index (χ2n) is 8.72. The lowest BCUT2D eigenvalue weighted by atomic mass is 9.73. The summed E-state index contributed by atoms with van der Waals surface area (Å²) < 4.78 is 9.67. The fraction of sp³-hybridized carbons (Fsp3) is 0.667. The number of aryl methyl sites for hydroxylation is 1. The van der Waals surface area contributed by atoms with Crippen LogP contribution >= 0.6 is 12.0 Å². The van der Waals surface area contributed by atoms with Gasteiger partial charge in [-0.3, -0.25) is 4.79 Å². The minimum atomic E-state index is 0.294. The highest BCUT2D eigenvalue weighted by atomic mass is 32.2. The van der Waals surface area contributed by atoms with Crippen LogP contribution in [-0.2, 0) is 13.7 Å². The highest BCUT2D eigenvalue weighted by Gasteiger charge is 2.24. The normalized spacial score (nSPS) is 12.8. The van der Waals surface area contributed by atoms with E-state index in [1.54, 1.807) is 0 Å². The molecule has 0 aliphatic rings. The van der Waals surface area contributed by atoms with E-state index in [1.165, 1.54) is 24.0 Å². The lowest BCUT2D eigenvalue weighted by Crippen LogP contribution is -2.22. The van der Waals surface area contributed by atoms with Crippen LogP contribution in [0.25, 0.3) is 0 Å². The maximum absolute atomic E-state index is 9.79. The molecule has 4 heteroatoms. The molecule has 0 N–H and O–H groups in total. The van der Waals surface area contributed by atoms with Crippen LogP contribution in [0.1, 0.15) is 60.5 Å². The first-order chi connectivity index (χ1) is 11.5. The molecule has 0 radical (unpaired) electrons. The average molecular weight is 369 g/mol. The fourth-order valence-corrected chi connectivity index (χ4v) is 2.59. The second kappa shape index (κ2) is 11.6. The van der Waals surface area contributed by atoms with E-state index in [4.69, 9.17) is 4.18 Å². The maximum atomic E-state index is 9.79. The van der Waals surface area contributed by atoms with Crippen LogP contribution in [0, 0.1) is 23.7 Å². The van der Waals surface area contributed by atoms with Gasteiger partial charge >= 0.3 is 0 Å². The first kappa shape index (κ1) is 24.0. The van der Waals surface area contributed by atoms with Crippen molar-refractivity contribution < 1.29 is 13.7 Å². The Morgan fingerprint density at radius 2 is 1.60 bits per heavy atom. The van der Waals surface area contributed by atoms with Crippen LogP contribution in [0.15, 0.2) is 29.2 Å². The molecule has 0 aliphatic heterocycles. The SMILES string of the molecule is CC(CC(C)(C)C)C(C)(C)C.Cc1ccc(SOCCOC=O)cc1. The zero-order valence-electron chi connectivity index (χ0n) is 17.2. The molecule has 3 nitrogen and oxygen atoms in total. The van der Waals surface area contributed by atoms with Crippen molar-refractivity contribution in [1.29, 1.82) is 0 Å². The molecule has 0 amide bonds. The highest BCUT2D eigenvalue weighted by Crippen LogP contribution is 2.35. The summed E-state index contributed by atoms with van der Waals surface area (Å²) in [5.74, 6) is 0.808. The van der Waals surface area contributed by atoms with Gasteiger partial charge in [0.25, 0.3) is 6.47 Å². The van der Waals surface area contributed by atoms with Crippen molar-refractivity contribution >= 4 is 18.5 Å². The van der Waals surface area contributed by atoms with Gasteiger partial charge in [0.05, 0.1) is 6.61 Å². The summed E-state index contributed by atoms with van der Waals surface area (Å²) in [5.41, 5.74) is 2.17.